The topological polar surface area (TPSA) is 55.1 Å². The van der Waals surface area contributed by atoms with Crippen LogP contribution in [0, 0.1) is 17.3 Å². The standard InChI is InChI=1S/C13H26N2O/c1-9-6-5-7-11(10(9)2)15-8-13(3,4)12(14)16/h9-11,15H,5-8H2,1-4H3,(H2,14,16). The van der Waals surface area contributed by atoms with Crippen LogP contribution in [-0.4, -0.2) is 18.5 Å². The zero-order valence-corrected chi connectivity index (χ0v) is 11.0. The quantitative estimate of drug-likeness (QED) is 0.769. The molecule has 3 heteroatoms. The Hall–Kier alpha value is -0.570. The van der Waals surface area contributed by atoms with Crippen molar-refractivity contribution in [2.45, 2.75) is 53.0 Å². The van der Waals surface area contributed by atoms with Crippen molar-refractivity contribution >= 4 is 5.91 Å². The summed E-state index contributed by atoms with van der Waals surface area (Å²) in [6, 6.07) is 0.544. The Labute approximate surface area is 99.2 Å². The van der Waals surface area contributed by atoms with Crippen LogP contribution in [0.15, 0.2) is 0 Å². The molecule has 0 aromatic heterocycles. The van der Waals surface area contributed by atoms with Gasteiger partial charge in [0.2, 0.25) is 5.91 Å². The van der Waals surface area contributed by atoms with Gasteiger partial charge in [-0.2, -0.15) is 0 Å². The van der Waals surface area contributed by atoms with Crippen molar-refractivity contribution in [1.82, 2.24) is 5.32 Å². The number of hydrogen-bond donors (Lipinski definition) is 2. The fraction of sp³-hybridized carbons (Fsp3) is 0.923. The van der Waals surface area contributed by atoms with E-state index in [4.69, 9.17) is 5.73 Å². The molecule has 0 radical (unpaired) electrons. The lowest BCUT2D eigenvalue weighted by atomic mass is 9.77. The van der Waals surface area contributed by atoms with Crippen LogP contribution in [0.25, 0.3) is 0 Å². The SMILES string of the molecule is CC1CCCC(NCC(C)(C)C(N)=O)C1C. The highest BCUT2D eigenvalue weighted by atomic mass is 16.1. The first-order valence-corrected chi connectivity index (χ1v) is 6.38. The van der Waals surface area contributed by atoms with Gasteiger partial charge in [-0.15, -0.1) is 0 Å². The second kappa shape index (κ2) is 5.17. The molecule has 3 N–H and O–H groups in total. The molecule has 1 aliphatic carbocycles. The number of nitrogens with two attached hydrogens (primary N) is 1. The molecule has 0 aliphatic heterocycles. The first-order chi connectivity index (χ1) is 7.34. The van der Waals surface area contributed by atoms with E-state index in [0.29, 0.717) is 18.5 Å². The molecular formula is C13H26N2O. The van der Waals surface area contributed by atoms with Crippen molar-refractivity contribution < 1.29 is 4.79 Å². The summed E-state index contributed by atoms with van der Waals surface area (Å²) in [5.41, 5.74) is 4.92. The van der Waals surface area contributed by atoms with E-state index in [-0.39, 0.29) is 5.91 Å². The van der Waals surface area contributed by atoms with Crippen molar-refractivity contribution in [3.8, 4) is 0 Å². The second-order valence-electron chi connectivity index (χ2n) is 6.00. The smallest absolute Gasteiger partial charge is 0.224 e. The molecule has 0 bridgehead atoms. The monoisotopic (exact) mass is 226 g/mol. The van der Waals surface area contributed by atoms with Crippen molar-refractivity contribution in [2.24, 2.45) is 23.0 Å². The molecular weight excluding hydrogens is 200 g/mol. The summed E-state index contributed by atoms with van der Waals surface area (Å²) in [6.07, 6.45) is 3.85. The fourth-order valence-electron chi connectivity index (χ4n) is 2.34. The highest BCUT2D eigenvalue weighted by molar-refractivity contribution is 5.80. The molecule has 0 saturated heterocycles. The molecule has 1 amide bonds. The minimum Gasteiger partial charge on any atom is -0.369 e. The van der Waals surface area contributed by atoms with Gasteiger partial charge in [-0.25, -0.2) is 0 Å². The van der Waals surface area contributed by atoms with E-state index in [1.54, 1.807) is 0 Å². The van der Waals surface area contributed by atoms with Gasteiger partial charge in [0.25, 0.3) is 0 Å². The maximum atomic E-state index is 11.2. The Morgan fingerprint density at radius 1 is 1.38 bits per heavy atom. The summed E-state index contributed by atoms with van der Waals surface area (Å²) < 4.78 is 0. The molecule has 0 spiro atoms. The van der Waals surface area contributed by atoms with Gasteiger partial charge >= 0.3 is 0 Å². The number of amides is 1. The van der Waals surface area contributed by atoms with Crippen LogP contribution in [0.2, 0.25) is 0 Å². The number of carbonyl (C=O) groups is 1. The van der Waals surface area contributed by atoms with Crippen molar-refractivity contribution in [2.75, 3.05) is 6.54 Å². The number of nitrogens with one attached hydrogen (secondary N) is 1. The highest BCUT2D eigenvalue weighted by Gasteiger charge is 2.30. The van der Waals surface area contributed by atoms with Crippen molar-refractivity contribution in [1.29, 1.82) is 0 Å². The molecule has 1 rings (SSSR count). The third-order valence-corrected chi connectivity index (χ3v) is 4.18. The van der Waals surface area contributed by atoms with Gasteiger partial charge in [-0.05, 0) is 32.1 Å². The summed E-state index contributed by atoms with van der Waals surface area (Å²) in [7, 11) is 0. The minimum absolute atomic E-state index is 0.225. The lowest BCUT2D eigenvalue weighted by Gasteiger charge is -2.36. The normalized spacial score (nSPS) is 31.4. The Kier molecular flexibility index (Phi) is 4.36. The third kappa shape index (κ3) is 3.21. The number of carbonyl (C=O) groups excluding carboxylic acids is 1. The van der Waals surface area contributed by atoms with Crippen LogP contribution in [-0.2, 0) is 4.79 Å². The van der Waals surface area contributed by atoms with Crippen LogP contribution < -0.4 is 11.1 Å². The second-order valence-corrected chi connectivity index (χ2v) is 6.00. The van der Waals surface area contributed by atoms with Crippen LogP contribution in [0.3, 0.4) is 0 Å². The summed E-state index contributed by atoms with van der Waals surface area (Å²) in [5, 5.41) is 3.52. The van der Waals surface area contributed by atoms with Gasteiger partial charge < -0.3 is 11.1 Å². The van der Waals surface area contributed by atoms with Gasteiger partial charge in [0.1, 0.15) is 0 Å². The molecule has 3 unspecified atom stereocenters. The Balaban J connectivity index is 2.45. The van der Waals surface area contributed by atoms with Gasteiger partial charge in [0.15, 0.2) is 0 Å². The average Bonchev–Trinajstić information content (AvgIpc) is 2.20. The van der Waals surface area contributed by atoms with E-state index >= 15 is 0 Å². The highest BCUT2D eigenvalue weighted by Crippen LogP contribution is 2.29. The first kappa shape index (κ1) is 13.5. The Morgan fingerprint density at radius 3 is 2.56 bits per heavy atom. The average molecular weight is 226 g/mol. The number of primary amides is 1. The van der Waals surface area contributed by atoms with E-state index in [2.05, 4.69) is 19.2 Å². The summed E-state index contributed by atoms with van der Waals surface area (Å²) in [5.74, 6) is 1.25. The van der Waals surface area contributed by atoms with E-state index in [0.717, 1.165) is 5.92 Å². The lowest BCUT2D eigenvalue weighted by molar-refractivity contribution is -0.125. The van der Waals surface area contributed by atoms with Crippen LogP contribution >= 0.6 is 0 Å². The predicted molar refractivity (Wildman–Crippen MR) is 66.9 cm³/mol. The molecule has 3 nitrogen and oxygen atoms in total. The number of hydrogen-bond acceptors (Lipinski definition) is 2. The zero-order chi connectivity index (χ0) is 12.3. The van der Waals surface area contributed by atoms with Gasteiger partial charge in [-0.3, -0.25) is 4.79 Å². The maximum absolute atomic E-state index is 11.2. The van der Waals surface area contributed by atoms with Crippen LogP contribution in [0.1, 0.15) is 47.0 Å². The van der Waals surface area contributed by atoms with Crippen LogP contribution in [0.4, 0.5) is 0 Å². The Morgan fingerprint density at radius 2 is 2.00 bits per heavy atom. The molecule has 0 aromatic carbocycles. The molecule has 16 heavy (non-hydrogen) atoms. The van der Waals surface area contributed by atoms with Crippen molar-refractivity contribution in [3.63, 3.8) is 0 Å². The zero-order valence-electron chi connectivity index (χ0n) is 11.0. The predicted octanol–water partition coefficient (Wildman–Crippen LogP) is 1.91. The fourth-order valence-corrected chi connectivity index (χ4v) is 2.34. The summed E-state index contributed by atoms with van der Waals surface area (Å²) in [6.45, 7) is 9.11. The minimum atomic E-state index is -0.444. The molecule has 1 saturated carbocycles. The first-order valence-electron chi connectivity index (χ1n) is 6.38. The molecule has 0 aromatic rings. The molecule has 1 fully saturated rings. The lowest BCUT2D eigenvalue weighted by Crippen LogP contribution is -2.47. The third-order valence-electron chi connectivity index (χ3n) is 4.18. The summed E-state index contributed by atoms with van der Waals surface area (Å²) >= 11 is 0. The van der Waals surface area contributed by atoms with E-state index in [9.17, 15) is 4.79 Å². The molecule has 3 atom stereocenters. The molecule has 1 aliphatic rings. The molecule has 0 heterocycles. The summed E-state index contributed by atoms with van der Waals surface area (Å²) in [4.78, 5) is 11.2. The maximum Gasteiger partial charge on any atom is 0.224 e. The van der Waals surface area contributed by atoms with Gasteiger partial charge in [-0.1, -0.05) is 26.7 Å². The van der Waals surface area contributed by atoms with Crippen molar-refractivity contribution in [3.05, 3.63) is 0 Å². The van der Waals surface area contributed by atoms with Gasteiger partial charge in [0.05, 0.1) is 5.41 Å². The van der Waals surface area contributed by atoms with Crippen LogP contribution in [0.5, 0.6) is 0 Å². The largest absolute Gasteiger partial charge is 0.369 e. The van der Waals surface area contributed by atoms with E-state index in [1.807, 2.05) is 13.8 Å². The van der Waals surface area contributed by atoms with E-state index < -0.39 is 5.41 Å². The van der Waals surface area contributed by atoms with Gasteiger partial charge in [0, 0.05) is 12.6 Å². The number of rotatable bonds is 4. The van der Waals surface area contributed by atoms with E-state index in [1.165, 1.54) is 19.3 Å². The Bertz CT molecular complexity index is 250. The molecule has 94 valence electrons.